The second-order valence-electron chi connectivity index (χ2n) is 10.9. The molecule has 1 aliphatic carbocycles. The normalized spacial score (nSPS) is 17.6. The summed E-state index contributed by atoms with van der Waals surface area (Å²) in [5.74, 6) is 1.90. The van der Waals surface area contributed by atoms with Crippen molar-refractivity contribution >= 4 is 11.0 Å². The number of para-hydroxylation sites is 1. The predicted octanol–water partition coefficient (Wildman–Crippen LogP) is 6.78. The first-order valence-electron chi connectivity index (χ1n) is 11.6. The van der Waals surface area contributed by atoms with E-state index in [2.05, 4.69) is 106 Å². The molecule has 162 valence electrons. The Bertz CT molecular complexity index is 1400. The van der Waals surface area contributed by atoms with Gasteiger partial charge in [0.15, 0.2) is 0 Å². The molecule has 0 radical (unpaired) electrons. The van der Waals surface area contributed by atoms with Crippen molar-refractivity contribution in [2.45, 2.75) is 65.2 Å². The van der Waals surface area contributed by atoms with Crippen LogP contribution in [0, 0.1) is 20.2 Å². The lowest BCUT2D eigenvalue weighted by molar-refractivity contribution is -0.575. The van der Waals surface area contributed by atoms with Crippen molar-refractivity contribution in [3.8, 4) is 22.9 Å². The molecule has 0 fully saturated rings. The van der Waals surface area contributed by atoms with Crippen molar-refractivity contribution in [1.82, 2.24) is 4.57 Å². The molecule has 0 N–H and O–H groups in total. The lowest BCUT2D eigenvalue weighted by atomic mass is 9.62. The van der Waals surface area contributed by atoms with Gasteiger partial charge in [0.2, 0.25) is 0 Å². The number of imidazole rings is 1. The van der Waals surface area contributed by atoms with E-state index in [-0.39, 0.29) is 10.8 Å². The van der Waals surface area contributed by atoms with Gasteiger partial charge in [-0.25, -0.2) is 0 Å². The van der Waals surface area contributed by atoms with E-state index in [1.807, 2.05) is 0 Å². The van der Waals surface area contributed by atoms with Gasteiger partial charge in [-0.3, -0.25) is 9.13 Å². The van der Waals surface area contributed by atoms with Crippen LogP contribution in [0.25, 0.3) is 22.4 Å². The highest BCUT2D eigenvalue weighted by Gasteiger charge is 2.41. The number of aryl methyl sites for hydroxylation is 2. The molecule has 3 aromatic carbocycles. The van der Waals surface area contributed by atoms with Gasteiger partial charge in [-0.05, 0) is 67.3 Å². The van der Waals surface area contributed by atoms with Gasteiger partial charge in [-0.1, -0.05) is 63.1 Å². The number of fused-ring (bicyclic) bond motifs is 4. The summed E-state index contributed by atoms with van der Waals surface area (Å²) in [5, 5.41) is 0. The first-order chi connectivity index (χ1) is 15.2. The highest BCUT2D eigenvalue weighted by atomic mass is 16.5. The van der Waals surface area contributed by atoms with Gasteiger partial charge in [0, 0.05) is 5.56 Å². The van der Waals surface area contributed by atoms with E-state index >= 15 is 0 Å². The molecule has 2 aliphatic rings. The van der Waals surface area contributed by atoms with E-state index in [0.717, 1.165) is 40.3 Å². The Morgan fingerprint density at radius 1 is 0.906 bits per heavy atom. The molecule has 0 saturated heterocycles. The quantitative estimate of drug-likeness (QED) is 0.215. The van der Waals surface area contributed by atoms with Gasteiger partial charge in [0.1, 0.15) is 22.7 Å². The van der Waals surface area contributed by atoms with Crippen LogP contribution in [0.4, 0.5) is 0 Å². The maximum absolute atomic E-state index is 6.72. The maximum atomic E-state index is 6.72. The minimum atomic E-state index is 0.0678. The van der Waals surface area contributed by atoms with Gasteiger partial charge >= 0.3 is 0 Å². The molecule has 0 spiro atoms. The van der Waals surface area contributed by atoms with Crippen LogP contribution in [0.15, 0.2) is 48.5 Å². The summed E-state index contributed by atoms with van der Waals surface area (Å²) in [6.45, 7) is 13.7. The Kier molecular flexibility index (Phi) is 3.83. The lowest BCUT2D eigenvalue weighted by Gasteiger charge is -2.43. The van der Waals surface area contributed by atoms with Gasteiger partial charge in [-0.2, -0.15) is 0 Å². The number of rotatable bonds is 1. The van der Waals surface area contributed by atoms with Crippen molar-refractivity contribution in [3.05, 3.63) is 77.1 Å². The average Bonchev–Trinajstić information content (AvgIpc) is 3.12. The number of nitrogens with zero attached hydrogens (tertiary/aromatic N) is 2. The summed E-state index contributed by atoms with van der Waals surface area (Å²) in [7, 11) is 0. The van der Waals surface area contributed by atoms with E-state index in [0.29, 0.717) is 0 Å². The minimum Gasteiger partial charge on any atom is -0.465 e. The minimum absolute atomic E-state index is 0.0678. The van der Waals surface area contributed by atoms with Crippen LogP contribution in [-0.4, -0.2) is 4.57 Å². The number of ether oxygens (including phenoxy) is 1. The molecule has 0 amide bonds. The van der Waals surface area contributed by atoms with E-state index in [9.17, 15) is 0 Å². The van der Waals surface area contributed by atoms with Crippen LogP contribution in [0.2, 0.25) is 0 Å². The third kappa shape index (κ3) is 2.63. The standard InChI is InChI=1S/C29H30N2O/c1-18-14-19(2)16-20(15-18)30-17-31-23-11-10-21-25(29(5,6)13-12-28(21,3)4)27(23)32-24-9-7-8-22(30)26(24)31/h7-11,14-16H,12-13H2,1-6H3. The highest BCUT2D eigenvalue weighted by Crippen LogP contribution is 2.52. The number of hydrogen-bond donors (Lipinski definition) is 0. The van der Waals surface area contributed by atoms with Gasteiger partial charge in [0.05, 0.1) is 11.2 Å². The molecule has 0 saturated carbocycles. The van der Waals surface area contributed by atoms with Crippen LogP contribution in [-0.2, 0) is 10.8 Å². The molecule has 32 heavy (non-hydrogen) atoms. The summed E-state index contributed by atoms with van der Waals surface area (Å²) >= 11 is 0. The Morgan fingerprint density at radius 3 is 2.38 bits per heavy atom. The summed E-state index contributed by atoms with van der Waals surface area (Å²) in [4.78, 5) is 0. The van der Waals surface area contributed by atoms with E-state index in [4.69, 9.17) is 4.74 Å². The number of aromatic nitrogens is 2. The molecular weight excluding hydrogens is 392 g/mol. The molecular formula is C29H30N2O. The smallest absolute Gasteiger partial charge is 0.270 e. The predicted molar refractivity (Wildman–Crippen MR) is 128 cm³/mol. The first kappa shape index (κ1) is 19.6. The second kappa shape index (κ2) is 6.25. The first-order valence-corrected chi connectivity index (χ1v) is 11.6. The highest BCUT2D eigenvalue weighted by molar-refractivity contribution is 5.83. The zero-order valence-corrected chi connectivity index (χ0v) is 19.8. The van der Waals surface area contributed by atoms with E-state index in [1.165, 1.54) is 28.7 Å². The van der Waals surface area contributed by atoms with Crippen LogP contribution >= 0.6 is 0 Å². The van der Waals surface area contributed by atoms with Crippen molar-refractivity contribution < 1.29 is 9.30 Å². The van der Waals surface area contributed by atoms with Crippen molar-refractivity contribution in [2.75, 3.05) is 0 Å². The van der Waals surface area contributed by atoms with Crippen LogP contribution in [0.1, 0.15) is 62.8 Å². The van der Waals surface area contributed by atoms with Crippen LogP contribution < -0.4 is 9.30 Å². The molecule has 3 heteroatoms. The lowest BCUT2D eigenvalue weighted by Crippen LogP contribution is -2.38. The molecule has 0 unspecified atom stereocenters. The molecule has 1 aliphatic heterocycles. The fourth-order valence-corrected chi connectivity index (χ4v) is 5.73. The van der Waals surface area contributed by atoms with Crippen LogP contribution in [0.3, 0.4) is 0 Å². The summed E-state index contributed by atoms with van der Waals surface area (Å²) in [5.41, 5.74) is 9.89. The Labute approximate surface area is 190 Å². The van der Waals surface area contributed by atoms with E-state index in [1.54, 1.807) is 0 Å². The third-order valence-electron chi connectivity index (χ3n) is 7.48. The molecule has 3 nitrogen and oxygen atoms in total. The molecule has 6 rings (SSSR count). The topological polar surface area (TPSA) is 18.0 Å². The average molecular weight is 423 g/mol. The van der Waals surface area contributed by atoms with E-state index < -0.39 is 0 Å². The van der Waals surface area contributed by atoms with Crippen molar-refractivity contribution in [3.63, 3.8) is 0 Å². The van der Waals surface area contributed by atoms with Gasteiger partial charge in [-0.15, -0.1) is 0 Å². The molecule has 0 atom stereocenters. The Hall–Kier alpha value is -3.07. The molecule has 2 heterocycles. The zero-order chi connectivity index (χ0) is 22.4. The number of benzene rings is 3. The largest absolute Gasteiger partial charge is 0.465 e. The number of hydrogen-bond acceptors (Lipinski definition) is 1. The van der Waals surface area contributed by atoms with Gasteiger partial charge in [0.25, 0.3) is 6.33 Å². The Morgan fingerprint density at radius 2 is 1.62 bits per heavy atom. The van der Waals surface area contributed by atoms with Crippen molar-refractivity contribution in [2.24, 2.45) is 0 Å². The summed E-state index contributed by atoms with van der Waals surface area (Å²) < 4.78 is 11.1. The summed E-state index contributed by atoms with van der Waals surface area (Å²) in [6, 6.07) is 17.5. The summed E-state index contributed by atoms with van der Waals surface area (Å²) in [6.07, 6.45) is 6.01. The molecule has 0 bridgehead atoms. The van der Waals surface area contributed by atoms with Crippen molar-refractivity contribution in [1.29, 1.82) is 0 Å². The second-order valence-corrected chi connectivity index (χ2v) is 10.9. The van der Waals surface area contributed by atoms with Gasteiger partial charge < -0.3 is 4.74 Å². The monoisotopic (exact) mass is 422 g/mol. The zero-order valence-electron chi connectivity index (χ0n) is 19.8. The third-order valence-corrected chi connectivity index (χ3v) is 7.48. The fraction of sp³-hybridized carbons (Fsp3) is 0.345. The Balaban J connectivity index is 1.67. The van der Waals surface area contributed by atoms with Crippen LogP contribution in [0.5, 0.6) is 11.5 Å². The SMILES string of the molecule is Cc1cc(C)cc(-n2[c-][n+]3c4c(cccc42)Oc2c-3ccc3c2C(C)(C)CCC3(C)C)c1. The maximum Gasteiger partial charge on any atom is 0.270 e. The molecule has 4 aromatic rings. The molecule has 1 aromatic heterocycles. The fourth-order valence-electron chi connectivity index (χ4n) is 5.73.